The molecule has 1 atom stereocenters. The maximum Gasteiger partial charge on any atom is 0.483 e. The van der Waals surface area contributed by atoms with Crippen molar-refractivity contribution in [2.24, 2.45) is 0 Å². The SMILES string of the molecule is C=CC(=O)SCCS[P+](=O)SC. The summed E-state index contributed by atoms with van der Waals surface area (Å²) in [5.41, 5.74) is 0. The number of hydrogen-bond donors (Lipinski definition) is 0. The third kappa shape index (κ3) is 7.22. The van der Waals surface area contributed by atoms with Crippen molar-refractivity contribution in [2.75, 3.05) is 17.8 Å². The third-order valence-electron chi connectivity index (χ3n) is 0.840. The highest BCUT2D eigenvalue weighted by atomic mass is 33.1. The zero-order chi connectivity index (χ0) is 9.40. The number of rotatable bonds is 6. The normalized spacial score (nSPS) is 10.9. The second-order valence-corrected chi connectivity index (χ2v) is 8.74. The van der Waals surface area contributed by atoms with Crippen LogP contribution >= 0.6 is 40.7 Å². The van der Waals surface area contributed by atoms with Crippen LogP contribution in [0.4, 0.5) is 0 Å². The van der Waals surface area contributed by atoms with Gasteiger partial charge in [-0.25, -0.2) is 0 Å². The Hall–Kier alpha value is 0.560. The second-order valence-electron chi connectivity index (χ2n) is 1.61. The number of carbonyl (C=O) groups excluding carboxylic acids is 1. The molecule has 0 bridgehead atoms. The van der Waals surface area contributed by atoms with Crippen molar-refractivity contribution in [3.05, 3.63) is 12.7 Å². The molecule has 0 N–H and O–H groups in total. The van der Waals surface area contributed by atoms with Crippen LogP contribution in [0.15, 0.2) is 12.7 Å². The maximum atomic E-state index is 10.9. The molecule has 0 amide bonds. The number of carbonyl (C=O) groups is 1. The summed E-state index contributed by atoms with van der Waals surface area (Å²) in [5.74, 6) is 1.46. The molecule has 0 fully saturated rings. The highest BCUT2D eigenvalue weighted by molar-refractivity contribution is 8.84. The summed E-state index contributed by atoms with van der Waals surface area (Å²) >= 11 is 3.95. The highest BCUT2D eigenvalue weighted by Gasteiger charge is 2.15. The van der Waals surface area contributed by atoms with Gasteiger partial charge in [0.1, 0.15) is 22.8 Å². The van der Waals surface area contributed by atoms with E-state index in [1.54, 1.807) is 0 Å². The lowest BCUT2D eigenvalue weighted by Crippen LogP contribution is -1.88. The molecule has 2 nitrogen and oxygen atoms in total. The van der Waals surface area contributed by atoms with Crippen molar-refractivity contribution in [1.82, 2.24) is 0 Å². The molecule has 0 rings (SSSR count). The van der Waals surface area contributed by atoms with Crippen LogP contribution < -0.4 is 0 Å². The average Bonchev–Trinajstić information content (AvgIpc) is 2.11. The van der Waals surface area contributed by atoms with E-state index < -0.39 is 6.20 Å². The van der Waals surface area contributed by atoms with Crippen LogP contribution in [0.3, 0.4) is 0 Å². The van der Waals surface area contributed by atoms with Crippen LogP contribution in [-0.2, 0) is 9.36 Å². The topological polar surface area (TPSA) is 34.1 Å². The van der Waals surface area contributed by atoms with Crippen LogP contribution in [0.25, 0.3) is 0 Å². The van der Waals surface area contributed by atoms with E-state index in [0.717, 1.165) is 5.75 Å². The summed E-state index contributed by atoms with van der Waals surface area (Å²) in [6.07, 6.45) is 1.93. The summed E-state index contributed by atoms with van der Waals surface area (Å²) in [5, 5.41) is -0.0185. The minimum absolute atomic E-state index is 0.0185. The van der Waals surface area contributed by atoms with E-state index >= 15 is 0 Å². The molecule has 6 heteroatoms. The van der Waals surface area contributed by atoms with Gasteiger partial charge in [0.15, 0.2) is 0 Å². The van der Waals surface area contributed by atoms with Crippen LogP contribution in [0.5, 0.6) is 0 Å². The minimum atomic E-state index is -1.18. The summed E-state index contributed by atoms with van der Waals surface area (Å²) in [6.45, 7) is 3.35. The van der Waals surface area contributed by atoms with Gasteiger partial charge in [-0.3, -0.25) is 4.79 Å². The van der Waals surface area contributed by atoms with Gasteiger partial charge in [-0.1, -0.05) is 18.3 Å². The molecule has 0 heterocycles. The van der Waals surface area contributed by atoms with E-state index in [0.29, 0.717) is 5.75 Å². The molecule has 0 aliphatic rings. The van der Waals surface area contributed by atoms with Gasteiger partial charge >= 0.3 is 6.20 Å². The van der Waals surface area contributed by atoms with Crippen molar-refractivity contribution in [3.63, 3.8) is 0 Å². The lowest BCUT2D eigenvalue weighted by molar-refractivity contribution is -0.107. The molecule has 0 aliphatic heterocycles. The van der Waals surface area contributed by atoms with Gasteiger partial charge in [-0.15, -0.1) is 0 Å². The Morgan fingerprint density at radius 1 is 1.58 bits per heavy atom. The Balaban J connectivity index is 3.27. The van der Waals surface area contributed by atoms with Gasteiger partial charge in [-0.2, -0.15) is 0 Å². The van der Waals surface area contributed by atoms with Crippen LogP contribution in [-0.4, -0.2) is 22.9 Å². The molecule has 0 aromatic rings. The first-order valence-corrected chi connectivity index (χ1v) is 8.80. The monoisotopic (exact) mass is 241 g/mol. The van der Waals surface area contributed by atoms with E-state index in [2.05, 4.69) is 6.58 Å². The molecule has 0 aromatic heterocycles. The average molecular weight is 241 g/mol. The molecule has 68 valence electrons. The van der Waals surface area contributed by atoms with Crippen LogP contribution in [0, 0.1) is 0 Å². The molecular formula is C6H10O2PS3+. The highest BCUT2D eigenvalue weighted by Crippen LogP contribution is 2.48. The summed E-state index contributed by atoms with van der Waals surface area (Å²) in [4.78, 5) is 10.7. The molecule has 0 saturated carbocycles. The smallest absolute Gasteiger partial charge is 0.282 e. The third-order valence-corrected chi connectivity index (χ3v) is 7.22. The number of hydrogen-bond acceptors (Lipinski definition) is 5. The first-order chi connectivity index (χ1) is 5.70. The predicted molar refractivity (Wildman–Crippen MR) is 61.2 cm³/mol. The van der Waals surface area contributed by atoms with E-state index in [4.69, 9.17) is 0 Å². The number of thioether (sulfide) groups is 1. The maximum absolute atomic E-state index is 10.9. The largest absolute Gasteiger partial charge is 0.483 e. The Labute approximate surface area is 85.6 Å². The molecule has 0 aromatic carbocycles. The zero-order valence-electron chi connectivity index (χ0n) is 6.69. The fraction of sp³-hybridized carbons (Fsp3) is 0.500. The van der Waals surface area contributed by atoms with E-state index in [1.807, 2.05) is 6.26 Å². The molecule has 0 aliphatic carbocycles. The minimum Gasteiger partial charge on any atom is -0.282 e. The van der Waals surface area contributed by atoms with Crippen LogP contribution in [0.2, 0.25) is 0 Å². The summed E-state index contributed by atoms with van der Waals surface area (Å²) in [7, 11) is 0. The molecular weight excluding hydrogens is 231 g/mol. The second kappa shape index (κ2) is 8.17. The van der Waals surface area contributed by atoms with E-state index in [1.165, 1.54) is 40.6 Å². The summed E-state index contributed by atoms with van der Waals surface area (Å²) in [6, 6.07) is 0. The van der Waals surface area contributed by atoms with Gasteiger partial charge in [0.2, 0.25) is 5.12 Å². The Morgan fingerprint density at radius 2 is 2.25 bits per heavy atom. The van der Waals surface area contributed by atoms with Crippen molar-refractivity contribution >= 4 is 45.8 Å². The quantitative estimate of drug-likeness (QED) is 0.405. The summed E-state index contributed by atoms with van der Waals surface area (Å²) < 4.78 is 10.9. The fourth-order valence-corrected chi connectivity index (χ4v) is 4.62. The lowest BCUT2D eigenvalue weighted by atomic mass is 10.7. The lowest BCUT2D eigenvalue weighted by Gasteiger charge is -1.89. The van der Waals surface area contributed by atoms with Crippen molar-refractivity contribution in [3.8, 4) is 0 Å². The Morgan fingerprint density at radius 3 is 2.75 bits per heavy atom. The van der Waals surface area contributed by atoms with Gasteiger partial charge in [0.05, 0.1) is 5.75 Å². The zero-order valence-corrected chi connectivity index (χ0v) is 10.0. The Kier molecular flexibility index (Phi) is 8.55. The van der Waals surface area contributed by atoms with Crippen molar-refractivity contribution < 1.29 is 9.36 Å². The van der Waals surface area contributed by atoms with Gasteiger partial charge in [-0.05, 0) is 10.6 Å². The van der Waals surface area contributed by atoms with Gasteiger partial charge < -0.3 is 0 Å². The first kappa shape index (κ1) is 12.6. The van der Waals surface area contributed by atoms with Crippen LogP contribution in [0.1, 0.15) is 0 Å². The first-order valence-electron chi connectivity index (χ1n) is 3.14. The molecule has 0 spiro atoms. The Bertz CT molecular complexity index is 184. The molecule has 1 unspecified atom stereocenters. The fourth-order valence-electron chi connectivity index (χ4n) is 0.366. The van der Waals surface area contributed by atoms with Gasteiger partial charge in [0.25, 0.3) is 0 Å². The van der Waals surface area contributed by atoms with Crippen molar-refractivity contribution in [1.29, 1.82) is 0 Å². The van der Waals surface area contributed by atoms with E-state index in [9.17, 15) is 9.36 Å². The molecule has 12 heavy (non-hydrogen) atoms. The predicted octanol–water partition coefficient (Wildman–Crippen LogP) is 3.19. The van der Waals surface area contributed by atoms with E-state index in [-0.39, 0.29) is 5.12 Å². The molecule has 0 saturated heterocycles. The molecule has 0 radical (unpaired) electrons. The van der Waals surface area contributed by atoms with Gasteiger partial charge in [0, 0.05) is 12.0 Å². The van der Waals surface area contributed by atoms with Crippen molar-refractivity contribution in [2.45, 2.75) is 0 Å². The standard InChI is InChI=1S/C6H10O2PS3/c1-3-6(7)11-4-5-12-9(8)10-2/h3H,1,4-5H2,2H3/q+1.